The van der Waals surface area contributed by atoms with E-state index in [4.69, 9.17) is 0 Å². The summed E-state index contributed by atoms with van der Waals surface area (Å²) in [5, 5.41) is 5.45. The quantitative estimate of drug-likeness (QED) is 0.177. The summed E-state index contributed by atoms with van der Waals surface area (Å²) < 4.78 is 0. The molecule has 0 bridgehead atoms. The summed E-state index contributed by atoms with van der Waals surface area (Å²) in [6.45, 7) is 12.0. The molecule has 0 unspecified atom stereocenters. The minimum absolute atomic E-state index is 0. The van der Waals surface area contributed by atoms with Gasteiger partial charge in [-0.15, -0.1) is 106 Å². The Morgan fingerprint density at radius 3 is 1.20 bits per heavy atom. The molecule has 0 N–H and O–H groups in total. The van der Waals surface area contributed by atoms with Crippen LogP contribution in [0.15, 0.2) is 72.8 Å². The Morgan fingerprint density at radius 2 is 0.933 bits per heavy atom. The third kappa shape index (κ3) is 9.23. The van der Waals surface area contributed by atoms with Gasteiger partial charge in [-0.2, -0.15) is 12.1 Å². The Balaban J connectivity index is -0.000000400. The molecule has 4 rings (SSSR count). The first kappa shape index (κ1) is 34.0. The Hall–Kier alpha value is -0.660. The zero-order valence-corrected chi connectivity index (χ0v) is 24.0. The van der Waals surface area contributed by atoms with Gasteiger partial charge >= 0.3 is 30.2 Å². The van der Waals surface area contributed by atoms with Gasteiger partial charge in [0.1, 0.15) is 0 Å². The van der Waals surface area contributed by atoms with Crippen LogP contribution in [0.25, 0.3) is 21.5 Å². The van der Waals surface area contributed by atoms with Crippen LogP contribution in [0.4, 0.5) is 0 Å². The van der Waals surface area contributed by atoms with Crippen molar-refractivity contribution >= 4 is 53.2 Å². The zero-order chi connectivity index (χ0) is 19.1. The molecule has 164 valence electrons. The molecule has 0 saturated carbocycles. The van der Waals surface area contributed by atoms with Crippen molar-refractivity contribution in [3.8, 4) is 0 Å². The molecule has 0 aliphatic carbocycles. The van der Waals surface area contributed by atoms with E-state index in [1.165, 1.54) is 56.0 Å². The van der Waals surface area contributed by atoms with Gasteiger partial charge in [0, 0.05) is 0 Å². The van der Waals surface area contributed by atoms with Crippen molar-refractivity contribution < 1.29 is 23.3 Å². The van der Waals surface area contributed by atoms with Crippen LogP contribution in [-0.4, -0.2) is 6.88 Å². The van der Waals surface area contributed by atoms with Gasteiger partial charge in [-0.3, -0.25) is 0 Å². The van der Waals surface area contributed by atoms with Gasteiger partial charge in [-0.1, -0.05) is 39.8 Å². The molecule has 0 aliphatic heterocycles. The fourth-order valence-electron chi connectivity index (χ4n) is 3.02. The van der Waals surface area contributed by atoms with E-state index >= 15 is 0 Å². The molecule has 0 aromatic heterocycles. The number of fused-ring (bicyclic) bond motifs is 2. The van der Waals surface area contributed by atoms with Crippen LogP contribution in [0.5, 0.6) is 0 Å². The van der Waals surface area contributed by atoms with Crippen LogP contribution in [0.2, 0.25) is 0 Å². The molecule has 2 radical (unpaired) electrons. The molecule has 0 atom stereocenters. The average Bonchev–Trinajstić information content (AvgIpc) is 3.28. The van der Waals surface area contributed by atoms with Gasteiger partial charge < -0.3 is 14.9 Å². The van der Waals surface area contributed by atoms with Crippen molar-refractivity contribution in [2.45, 2.75) is 39.5 Å². The average molecular weight is 537 g/mol. The van der Waals surface area contributed by atoms with E-state index in [2.05, 4.69) is 107 Å². The third-order valence-electron chi connectivity index (χ3n) is 4.61. The summed E-state index contributed by atoms with van der Waals surface area (Å²) in [4.78, 5) is 0. The van der Waals surface area contributed by atoms with E-state index in [0.717, 1.165) is 0 Å². The Morgan fingerprint density at radius 1 is 0.633 bits per heavy atom. The summed E-state index contributed by atoms with van der Waals surface area (Å²) in [6, 6.07) is 26.1. The SMILES string of the molecule is CC(C)c1cc2ccccc2[cH-]1.CC(C)c1cc2ccccc2[cH-]1.Cl.Cl.[CH3-].[CH3-].[Si]=[Zr]. The summed E-state index contributed by atoms with van der Waals surface area (Å²) in [5.41, 5.74) is 2.88. The molecule has 4 heteroatoms. The van der Waals surface area contributed by atoms with Crippen LogP contribution < -0.4 is 0 Å². The molecule has 4 aromatic carbocycles. The molecule has 0 spiro atoms. The topological polar surface area (TPSA) is 0 Å². The van der Waals surface area contributed by atoms with Crippen LogP contribution in [0, 0.1) is 14.9 Å². The number of hydrogen-bond donors (Lipinski definition) is 0. The molecule has 0 aliphatic rings. The van der Waals surface area contributed by atoms with E-state index in [0.29, 0.717) is 11.8 Å². The number of rotatable bonds is 2. The monoisotopic (exact) mass is 534 g/mol. The second-order valence-corrected chi connectivity index (χ2v) is 7.14. The normalized spacial score (nSPS) is 9.10. The Labute approximate surface area is 213 Å². The van der Waals surface area contributed by atoms with Gasteiger partial charge in [-0.25, -0.2) is 0 Å². The van der Waals surface area contributed by atoms with Crippen LogP contribution in [0.3, 0.4) is 0 Å². The van der Waals surface area contributed by atoms with Gasteiger partial charge in [0.2, 0.25) is 0 Å². The van der Waals surface area contributed by atoms with E-state index < -0.39 is 0 Å². The second kappa shape index (κ2) is 17.0. The fourth-order valence-corrected chi connectivity index (χ4v) is 3.02. The van der Waals surface area contributed by atoms with Gasteiger partial charge in [0.25, 0.3) is 0 Å². The van der Waals surface area contributed by atoms with Crippen molar-refractivity contribution in [2.75, 3.05) is 0 Å². The molecule has 0 fully saturated rings. The molecule has 0 saturated heterocycles. The van der Waals surface area contributed by atoms with Crippen molar-refractivity contribution in [1.82, 2.24) is 0 Å². The molecular formula is C26H34Cl2SiZr-4. The van der Waals surface area contributed by atoms with Crippen LogP contribution in [0.1, 0.15) is 50.7 Å². The molecule has 0 heterocycles. The van der Waals surface area contributed by atoms with Crippen molar-refractivity contribution in [2.24, 2.45) is 0 Å². The van der Waals surface area contributed by atoms with Crippen molar-refractivity contribution in [3.63, 3.8) is 0 Å². The molecule has 4 aromatic rings. The second-order valence-electron chi connectivity index (χ2n) is 7.14. The van der Waals surface area contributed by atoms with E-state index in [9.17, 15) is 0 Å². The van der Waals surface area contributed by atoms with Crippen molar-refractivity contribution in [1.29, 1.82) is 0 Å². The molecular weight excluding hydrogens is 503 g/mol. The van der Waals surface area contributed by atoms with Gasteiger partial charge in [-0.05, 0) is 11.8 Å². The minimum atomic E-state index is 0. The van der Waals surface area contributed by atoms with Gasteiger partial charge in [0.15, 0.2) is 0 Å². The Kier molecular flexibility index (Phi) is 19.2. The van der Waals surface area contributed by atoms with E-state index in [1.807, 2.05) is 0 Å². The first-order valence-electron chi connectivity index (χ1n) is 9.10. The molecule has 30 heavy (non-hydrogen) atoms. The molecule has 0 nitrogen and oxygen atoms in total. The van der Waals surface area contributed by atoms with Gasteiger partial charge in [0.05, 0.1) is 0 Å². The number of halogens is 2. The summed E-state index contributed by atoms with van der Waals surface area (Å²) in [6.07, 6.45) is 0. The summed E-state index contributed by atoms with van der Waals surface area (Å²) >= 11 is 1.36. The maximum absolute atomic E-state index is 3.06. The van der Waals surface area contributed by atoms with E-state index in [-0.39, 0.29) is 39.7 Å². The van der Waals surface area contributed by atoms with Crippen LogP contribution >= 0.6 is 24.8 Å². The number of hydrogen-bond acceptors (Lipinski definition) is 0. The summed E-state index contributed by atoms with van der Waals surface area (Å²) in [7, 11) is 0. The zero-order valence-electron chi connectivity index (χ0n) is 18.9. The third-order valence-corrected chi connectivity index (χ3v) is 4.61. The predicted molar refractivity (Wildman–Crippen MR) is 140 cm³/mol. The predicted octanol–water partition coefficient (Wildman–Crippen LogP) is 8.73. The first-order valence-corrected chi connectivity index (χ1v) is 13.3. The molecule has 0 amide bonds. The maximum atomic E-state index is 3.06. The van der Waals surface area contributed by atoms with Crippen LogP contribution in [-0.2, 0) is 23.3 Å². The standard InChI is InChI=1S/2C12H13.2CH3.2ClH.Si.Zr/c2*1-9(2)12-7-10-5-3-4-6-11(10)8-12;;;;;;/h2*3-9H,1-2H3;2*1H3;2*1H;;/q4*-1;;;;. The fraction of sp³-hybridized carbons (Fsp3) is 0.231. The first-order chi connectivity index (χ1) is 12.5. The Bertz CT molecular complexity index is 810. The summed E-state index contributed by atoms with van der Waals surface area (Å²) in [5.74, 6) is 1.27. The van der Waals surface area contributed by atoms with Crippen molar-refractivity contribution in [3.05, 3.63) is 98.8 Å². The number of benzene rings is 2. The van der Waals surface area contributed by atoms with E-state index in [1.54, 1.807) is 0 Å².